The molecule has 4 heteroatoms. The first-order valence-electron chi connectivity index (χ1n) is 7.58. The van der Waals surface area contributed by atoms with Crippen molar-refractivity contribution >= 4 is 11.6 Å². The molecule has 1 saturated carbocycles. The number of nitrogens with one attached hydrogen (secondary N) is 1. The number of carbonyl (C=O) groups is 1. The SMILES string of the molecule is CCCN(CC1CC1)C(=O)c1cccc2c1OCCN2. The van der Waals surface area contributed by atoms with E-state index < -0.39 is 0 Å². The number of hydrogen-bond acceptors (Lipinski definition) is 3. The number of amides is 1. The van der Waals surface area contributed by atoms with Crippen LogP contribution in [0.5, 0.6) is 5.75 Å². The predicted octanol–water partition coefficient (Wildman–Crippen LogP) is 2.75. The Bertz CT molecular complexity index is 497. The molecule has 0 spiro atoms. The van der Waals surface area contributed by atoms with Gasteiger partial charge in [-0.25, -0.2) is 0 Å². The van der Waals surface area contributed by atoms with Gasteiger partial charge in [0.1, 0.15) is 6.61 Å². The van der Waals surface area contributed by atoms with E-state index in [9.17, 15) is 4.79 Å². The number of rotatable bonds is 5. The summed E-state index contributed by atoms with van der Waals surface area (Å²) in [7, 11) is 0. The highest BCUT2D eigenvalue weighted by Gasteiger charge is 2.29. The minimum atomic E-state index is 0.110. The minimum Gasteiger partial charge on any atom is -0.489 e. The van der Waals surface area contributed by atoms with Crippen LogP contribution >= 0.6 is 0 Å². The molecule has 1 N–H and O–H groups in total. The third-order valence-electron chi connectivity index (χ3n) is 3.87. The smallest absolute Gasteiger partial charge is 0.257 e. The monoisotopic (exact) mass is 274 g/mol. The van der Waals surface area contributed by atoms with Crippen molar-refractivity contribution in [3.05, 3.63) is 23.8 Å². The van der Waals surface area contributed by atoms with Crippen molar-refractivity contribution in [2.75, 3.05) is 31.6 Å². The first kappa shape index (κ1) is 13.3. The van der Waals surface area contributed by atoms with Gasteiger partial charge in [0.25, 0.3) is 5.91 Å². The van der Waals surface area contributed by atoms with Crippen molar-refractivity contribution in [1.29, 1.82) is 0 Å². The topological polar surface area (TPSA) is 41.6 Å². The Kier molecular flexibility index (Phi) is 3.81. The van der Waals surface area contributed by atoms with Crippen LogP contribution in [0.1, 0.15) is 36.5 Å². The lowest BCUT2D eigenvalue weighted by molar-refractivity contribution is 0.0743. The van der Waals surface area contributed by atoms with E-state index in [-0.39, 0.29) is 5.91 Å². The van der Waals surface area contributed by atoms with Crippen LogP contribution in [0.4, 0.5) is 5.69 Å². The van der Waals surface area contributed by atoms with Gasteiger partial charge in [-0.3, -0.25) is 4.79 Å². The lowest BCUT2D eigenvalue weighted by atomic mass is 10.1. The third-order valence-corrected chi connectivity index (χ3v) is 3.87. The van der Waals surface area contributed by atoms with Crippen molar-refractivity contribution in [2.45, 2.75) is 26.2 Å². The molecule has 1 aromatic rings. The molecule has 0 unspecified atom stereocenters. The molecule has 1 aliphatic carbocycles. The molecule has 0 radical (unpaired) electrons. The van der Waals surface area contributed by atoms with Gasteiger partial charge in [-0.15, -0.1) is 0 Å². The summed E-state index contributed by atoms with van der Waals surface area (Å²) in [5, 5.41) is 3.29. The molecule has 108 valence electrons. The van der Waals surface area contributed by atoms with Crippen LogP contribution in [0.3, 0.4) is 0 Å². The first-order valence-corrected chi connectivity index (χ1v) is 7.58. The summed E-state index contributed by atoms with van der Waals surface area (Å²) in [5.41, 5.74) is 1.63. The molecule has 0 bridgehead atoms. The first-order chi connectivity index (χ1) is 9.79. The minimum absolute atomic E-state index is 0.110. The lowest BCUT2D eigenvalue weighted by Gasteiger charge is -2.26. The van der Waals surface area contributed by atoms with Gasteiger partial charge in [0.05, 0.1) is 11.3 Å². The van der Waals surface area contributed by atoms with E-state index >= 15 is 0 Å². The summed E-state index contributed by atoms with van der Waals surface area (Å²) < 4.78 is 5.71. The zero-order valence-corrected chi connectivity index (χ0v) is 12.0. The van der Waals surface area contributed by atoms with Crippen LogP contribution in [0.15, 0.2) is 18.2 Å². The van der Waals surface area contributed by atoms with Gasteiger partial charge < -0.3 is 15.0 Å². The van der Waals surface area contributed by atoms with Crippen LogP contribution in [-0.2, 0) is 0 Å². The summed E-state index contributed by atoms with van der Waals surface area (Å²) in [5.74, 6) is 1.55. The fourth-order valence-electron chi connectivity index (χ4n) is 2.67. The standard InChI is InChI=1S/C16H22N2O2/c1-2-9-18(11-12-6-7-12)16(19)13-4-3-5-14-15(13)20-10-8-17-14/h3-5,12,17H,2,6-11H2,1H3. The van der Waals surface area contributed by atoms with Crippen LogP contribution in [0.2, 0.25) is 0 Å². The highest BCUT2D eigenvalue weighted by Crippen LogP contribution is 2.34. The van der Waals surface area contributed by atoms with Crippen LogP contribution < -0.4 is 10.1 Å². The van der Waals surface area contributed by atoms with E-state index in [0.29, 0.717) is 18.1 Å². The van der Waals surface area contributed by atoms with Gasteiger partial charge in [0, 0.05) is 19.6 Å². The summed E-state index contributed by atoms with van der Waals surface area (Å²) in [6.07, 6.45) is 3.52. The van der Waals surface area contributed by atoms with E-state index in [0.717, 1.165) is 37.5 Å². The molecule has 4 nitrogen and oxygen atoms in total. The number of anilines is 1. The van der Waals surface area contributed by atoms with Gasteiger partial charge in [-0.05, 0) is 37.3 Å². The Morgan fingerprint density at radius 1 is 1.45 bits per heavy atom. The van der Waals surface area contributed by atoms with Crippen molar-refractivity contribution in [2.24, 2.45) is 5.92 Å². The van der Waals surface area contributed by atoms with E-state index in [1.807, 2.05) is 23.1 Å². The molecular formula is C16H22N2O2. The zero-order valence-electron chi connectivity index (χ0n) is 12.0. The third kappa shape index (κ3) is 2.74. The number of fused-ring (bicyclic) bond motifs is 1. The Morgan fingerprint density at radius 3 is 3.05 bits per heavy atom. The summed E-state index contributed by atoms with van der Waals surface area (Å²) in [6, 6.07) is 5.77. The molecule has 2 aliphatic rings. The second kappa shape index (κ2) is 5.73. The molecule has 1 fully saturated rings. The van der Waals surface area contributed by atoms with Crippen molar-refractivity contribution in [1.82, 2.24) is 4.90 Å². The Labute approximate surface area is 120 Å². The summed E-state index contributed by atoms with van der Waals surface area (Å²) in [4.78, 5) is 14.8. The molecule has 0 saturated heterocycles. The number of carbonyl (C=O) groups excluding carboxylic acids is 1. The van der Waals surface area contributed by atoms with Gasteiger partial charge in [-0.1, -0.05) is 13.0 Å². The molecule has 0 atom stereocenters. The molecule has 1 aliphatic heterocycles. The molecule has 0 aromatic heterocycles. The molecule has 1 heterocycles. The fourth-order valence-corrected chi connectivity index (χ4v) is 2.67. The van der Waals surface area contributed by atoms with Crippen molar-refractivity contribution < 1.29 is 9.53 Å². The lowest BCUT2D eigenvalue weighted by Crippen LogP contribution is -2.34. The van der Waals surface area contributed by atoms with Crippen LogP contribution in [-0.4, -0.2) is 37.0 Å². The largest absolute Gasteiger partial charge is 0.489 e. The van der Waals surface area contributed by atoms with Crippen LogP contribution in [0, 0.1) is 5.92 Å². The molecule has 3 rings (SSSR count). The zero-order chi connectivity index (χ0) is 13.9. The van der Waals surface area contributed by atoms with Gasteiger partial charge in [0.2, 0.25) is 0 Å². The molecule has 1 amide bonds. The fraction of sp³-hybridized carbons (Fsp3) is 0.562. The summed E-state index contributed by atoms with van der Waals surface area (Å²) >= 11 is 0. The molecule has 20 heavy (non-hydrogen) atoms. The average Bonchev–Trinajstić information content (AvgIpc) is 3.29. The average molecular weight is 274 g/mol. The highest BCUT2D eigenvalue weighted by molar-refractivity contribution is 5.99. The second-order valence-corrected chi connectivity index (χ2v) is 5.65. The maximum atomic E-state index is 12.8. The van der Waals surface area contributed by atoms with Gasteiger partial charge in [-0.2, -0.15) is 0 Å². The Hall–Kier alpha value is -1.71. The van der Waals surface area contributed by atoms with Crippen molar-refractivity contribution in [3.8, 4) is 5.75 Å². The molecular weight excluding hydrogens is 252 g/mol. The van der Waals surface area contributed by atoms with Gasteiger partial charge in [0.15, 0.2) is 5.75 Å². The number of ether oxygens (including phenoxy) is 1. The van der Waals surface area contributed by atoms with E-state index in [2.05, 4.69) is 12.2 Å². The van der Waals surface area contributed by atoms with Gasteiger partial charge >= 0.3 is 0 Å². The highest BCUT2D eigenvalue weighted by atomic mass is 16.5. The number of nitrogens with zero attached hydrogens (tertiary/aromatic N) is 1. The Balaban J connectivity index is 1.84. The molecule has 1 aromatic carbocycles. The van der Waals surface area contributed by atoms with E-state index in [4.69, 9.17) is 4.74 Å². The van der Waals surface area contributed by atoms with Crippen LogP contribution in [0.25, 0.3) is 0 Å². The number of para-hydroxylation sites is 1. The van der Waals surface area contributed by atoms with E-state index in [1.165, 1.54) is 12.8 Å². The second-order valence-electron chi connectivity index (χ2n) is 5.65. The summed E-state index contributed by atoms with van der Waals surface area (Å²) in [6.45, 7) is 5.25. The number of hydrogen-bond donors (Lipinski definition) is 1. The van der Waals surface area contributed by atoms with E-state index in [1.54, 1.807) is 0 Å². The quantitative estimate of drug-likeness (QED) is 0.897. The maximum Gasteiger partial charge on any atom is 0.257 e. The van der Waals surface area contributed by atoms with Crippen molar-refractivity contribution in [3.63, 3.8) is 0 Å². The Morgan fingerprint density at radius 2 is 2.30 bits per heavy atom. The normalized spacial score (nSPS) is 16.9. The number of benzene rings is 1. The predicted molar refractivity (Wildman–Crippen MR) is 79.3 cm³/mol. The maximum absolute atomic E-state index is 12.8.